The minimum absolute atomic E-state index is 0. The fourth-order valence-corrected chi connectivity index (χ4v) is 2.53. The Balaban J connectivity index is 0.00000324. The molecular weight excluding hydrogens is 220 g/mol. The first-order valence-electron chi connectivity index (χ1n) is 7.49. The summed E-state index contributed by atoms with van der Waals surface area (Å²) >= 11 is 0. The lowest BCUT2D eigenvalue weighted by Gasteiger charge is -2.31. The Kier molecular flexibility index (Phi) is 7.39. The Morgan fingerprint density at radius 3 is 2.39 bits per heavy atom. The van der Waals surface area contributed by atoms with Gasteiger partial charge in [-0.25, -0.2) is 0 Å². The highest BCUT2D eigenvalue weighted by Gasteiger charge is 2.18. The maximum Gasteiger partial charge on any atom is 0.0602 e. The van der Waals surface area contributed by atoms with Gasteiger partial charge in [0, 0.05) is 7.47 Å². The predicted molar refractivity (Wildman–Crippen MR) is 81.6 cm³/mol. The van der Waals surface area contributed by atoms with Crippen molar-refractivity contribution in [2.45, 2.75) is 53.0 Å². The van der Waals surface area contributed by atoms with E-state index in [-0.39, 0.29) is 1.43 Å². The van der Waals surface area contributed by atoms with E-state index in [4.69, 9.17) is 0 Å². The summed E-state index contributed by atoms with van der Waals surface area (Å²) in [7, 11) is 0. The van der Waals surface area contributed by atoms with Gasteiger partial charge >= 0.3 is 0 Å². The average Bonchev–Trinajstić information content (AvgIpc) is 2.30. The van der Waals surface area contributed by atoms with Crippen LogP contribution in [0, 0.1) is 23.7 Å². The van der Waals surface area contributed by atoms with Crippen LogP contribution in [-0.4, -0.2) is 37.1 Å². The molecule has 0 aliphatic carbocycles. The van der Waals surface area contributed by atoms with Crippen molar-refractivity contribution in [2.75, 3.05) is 26.2 Å². The molecule has 0 saturated carbocycles. The summed E-state index contributed by atoms with van der Waals surface area (Å²) in [5, 5.41) is 3.32. The van der Waals surface area contributed by atoms with Gasteiger partial charge in [-0.1, -0.05) is 25.7 Å². The predicted octanol–water partition coefficient (Wildman–Crippen LogP) is 2.99. The molecule has 0 unspecified atom stereocenters. The van der Waals surface area contributed by atoms with E-state index in [0.29, 0.717) is 6.04 Å². The average molecular weight is 252 g/mol. The zero-order valence-electron chi connectivity index (χ0n) is 12.6. The lowest BCUT2D eigenvalue weighted by Crippen LogP contribution is -2.34. The highest BCUT2D eigenvalue weighted by atomic mass is 15.1. The zero-order chi connectivity index (χ0) is 13.4. The molecule has 2 heteroatoms. The van der Waals surface area contributed by atoms with Gasteiger partial charge in [-0.3, -0.25) is 4.90 Å². The molecule has 0 aromatic carbocycles. The molecule has 1 N–H and O–H groups in total. The molecule has 0 aromatic heterocycles. The van der Waals surface area contributed by atoms with Crippen LogP contribution in [0.15, 0.2) is 0 Å². The standard InChI is InChI=1S/C16H30N2.H2/c1-14(2)13-16-7-11-18(12-8-16)10-6-5-9-17-15(3)4;/h14-17H,7-13H2,1-4H3;1H. The number of nitrogens with zero attached hydrogens (tertiary/aromatic N) is 1. The molecule has 106 valence electrons. The molecule has 0 bridgehead atoms. The fourth-order valence-electron chi connectivity index (χ4n) is 2.53. The molecule has 1 fully saturated rings. The SMILES string of the molecule is CC(C)CC1CCN(CC#CCNC(C)C)CC1.[HH]. The van der Waals surface area contributed by atoms with Crippen LogP contribution in [-0.2, 0) is 0 Å². The molecule has 0 radical (unpaired) electrons. The lowest BCUT2D eigenvalue weighted by molar-refractivity contribution is 0.187. The Morgan fingerprint density at radius 2 is 1.83 bits per heavy atom. The fraction of sp³-hybridized carbons (Fsp3) is 0.875. The van der Waals surface area contributed by atoms with E-state index < -0.39 is 0 Å². The van der Waals surface area contributed by atoms with Crippen molar-refractivity contribution in [1.82, 2.24) is 10.2 Å². The zero-order valence-corrected chi connectivity index (χ0v) is 12.6. The number of piperidine rings is 1. The van der Waals surface area contributed by atoms with Gasteiger partial charge < -0.3 is 5.32 Å². The summed E-state index contributed by atoms with van der Waals surface area (Å²) in [4.78, 5) is 2.50. The van der Waals surface area contributed by atoms with Gasteiger partial charge in [0.1, 0.15) is 0 Å². The van der Waals surface area contributed by atoms with Crippen molar-refractivity contribution < 1.29 is 1.43 Å². The van der Waals surface area contributed by atoms with Crippen molar-refractivity contribution >= 4 is 0 Å². The number of hydrogen-bond donors (Lipinski definition) is 1. The summed E-state index contributed by atoms with van der Waals surface area (Å²) in [6, 6.07) is 0.533. The van der Waals surface area contributed by atoms with Crippen LogP contribution >= 0.6 is 0 Å². The molecule has 0 aromatic rings. The van der Waals surface area contributed by atoms with Crippen LogP contribution in [0.1, 0.15) is 48.4 Å². The minimum atomic E-state index is 0. The van der Waals surface area contributed by atoms with E-state index in [1.54, 1.807) is 0 Å². The van der Waals surface area contributed by atoms with E-state index in [9.17, 15) is 0 Å². The van der Waals surface area contributed by atoms with E-state index >= 15 is 0 Å². The van der Waals surface area contributed by atoms with Gasteiger partial charge in [0.2, 0.25) is 0 Å². The summed E-state index contributed by atoms with van der Waals surface area (Å²) < 4.78 is 0. The van der Waals surface area contributed by atoms with E-state index in [0.717, 1.165) is 24.9 Å². The van der Waals surface area contributed by atoms with Crippen LogP contribution in [0.5, 0.6) is 0 Å². The maximum atomic E-state index is 3.32. The Morgan fingerprint density at radius 1 is 1.17 bits per heavy atom. The molecule has 1 saturated heterocycles. The Bertz CT molecular complexity index is 270. The number of likely N-dealkylation sites (tertiary alicyclic amines) is 1. The normalized spacial score (nSPS) is 18.1. The topological polar surface area (TPSA) is 15.3 Å². The van der Waals surface area contributed by atoms with E-state index in [2.05, 4.69) is 49.8 Å². The molecule has 0 spiro atoms. The first-order valence-corrected chi connectivity index (χ1v) is 7.49. The number of rotatable bonds is 5. The number of nitrogens with one attached hydrogen (secondary N) is 1. The van der Waals surface area contributed by atoms with Gasteiger partial charge in [-0.15, -0.1) is 0 Å². The minimum Gasteiger partial charge on any atom is -0.304 e. The van der Waals surface area contributed by atoms with Gasteiger partial charge in [0.25, 0.3) is 0 Å². The van der Waals surface area contributed by atoms with Crippen LogP contribution in [0.25, 0.3) is 0 Å². The van der Waals surface area contributed by atoms with Crippen molar-refractivity contribution in [2.24, 2.45) is 11.8 Å². The third-order valence-corrected chi connectivity index (χ3v) is 3.54. The van der Waals surface area contributed by atoms with Gasteiger partial charge in [0.15, 0.2) is 0 Å². The smallest absolute Gasteiger partial charge is 0.0602 e. The first kappa shape index (κ1) is 15.5. The quantitative estimate of drug-likeness (QED) is 0.757. The van der Waals surface area contributed by atoms with E-state index in [1.807, 2.05) is 0 Å². The van der Waals surface area contributed by atoms with Crippen LogP contribution in [0.3, 0.4) is 0 Å². The summed E-state index contributed by atoms with van der Waals surface area (Å²) in [5.74, 6) is 8.29. The largest absolute Gasteiger partial charge is 0.304 e. The monoisotopic (exact) mass is 252 g/mol. The molecule has 18 heavy (non-hydrogen) atoms. The van der Waals surface area contributed by atoms with Gasteiger partial charge in [-0.05, 0) is 58.0 Å². The third kappa shape index (κ3) is 7.03. The lowest BCUT2D eigenvalue weighted by atomic mass is 9.89. The molecule has 0 amide bonds. The molecule has 1 aliphatic heterocycles. The second kappa shape index (κ2) is 8.56. The molecule has 1 aliphatic rings. The summed E-state index contributed by atoms with van der Waals surface area (Å²) in [6.45, 7) is 13.2. The molecule has 1 heterocycles. The highest BCUT2D eigenvalue weighted by Crippen LogP contribution is 2.23. The van der Waals surface area contributed by atoms with Gasteiger partial charge in [0.05, 0.1) is 13.1 Å². The molecule has 0 atom stereocenters. The second-order valence-electron chi connectivity index (χ2n) is 6.24. The summed E-state index contributed by atoms with van der Waals surface area (Å²) in [5.41, 5.74) is 0. The third-order valence-electron chi connectivity index (χ3n) is 3.54. The van der Waals surface area contributed by atoms with Crippen LogP contribution in [0.4, 0.5) is 0 Å². The molecule has 1 rings (SSSR count). The van der Waals surface area contributed by atoms with Crippen molar-refractivity contribution in [3.05, 3.63) is 0 Å². The highest BCUT2D eigenvalue weighted by molar-refractivity contribution is 5.03. The maximum absolute atomic E-state index is 3.32. The van der Waals surface area contributed by atoms with Gasteiger partial charge in [-0.2, -0.15) is 0 Å². The van der Waals surface area contributed by atoms with Crippen molar-refractivity contribution in [3.8, 4) is 11.8 Å². The first-order chi connectivity index (χ1) is 8.58. The van der Waals surface area contributed by atoms with Crippen LogP contribution in [0.2, 0.25) is 0 Å². The Hall–Kier alpha value is -0.520. The second-order valence-corrected chi connectivity index (χ2v) is 6.24. The molecule has 2 nitrogen and oxygen atoms in total. The van der Waals surface area contributed by atoms with Crippen molar-refractivity contribution in [3.63, 3.8) is 0 Å². The van der Waals surface area contributed by atoms with Crippen molar-refractivity contribution in [1.29, 1.82) is 0 Å². The van der Waals surface area contributed by atoms with Crippen LogP contribution < -0.4 is 5.32 Å². The summed E-state index contributed by atoms with van der Waals surface area (Å²) in [6.07, 6.45) is 4.13. The molecular formula is C16H32N2. The number of hydrogen-bond acceptors (Lipinski definition) is 2. The van der Waals surface area contributed by atoms with E-state index in [1.165, 1.54) is 32.4 Å². The Labute approximate surface area is 115 Å².